The van der Waals surface area contributed by atoms with Gasteiger partial charge in [-0.3, -0.25) is 14.5 Å². The number of hydrogen-bond acceptors (Lipinski definition) is 7. The molecule has 2 rings (SSSR count). The minimum atomic E-state index is -0.213. The number of carbonyl (C=O) groups excluding carboxylic acids is 2. The molecule has 0 aromatic heterocycles. The Labute approximate surface area is 182 Å². The summed E-state index contributed by atoms with van der Waals surface area (Å²) in [6, 6.07) is 3.67. The van der Waals surface area contributed by atoms with Crippen LogP contribution >= 0.6 is 39.9 Å². The zero-order valence-corrected chi connectivity index (χ0v) is 19.2. The number of halogens is 1. The normalized spacial score (nSPS) is 15.3. The second kappa shape index (κ2) is 10.8. The molecule has 1 aromatic rings. The number of benzene rings is 1. The van der Waals surface area contributed by atoms with Crippen LogP contribution in [0.3, 0.4) is 0 Å². The quantitative estimate of drug-likeness (QED) is 0.221. The number of ether oxygens (including phenoxy) is 3. The molecule has 0 aliphatic carbocycles. The van der Waals surface area contributed by atoms with Crippen molar-refractivity contribution in [1.29, 1.82) is 0 Å². The minimum Gasteiger partial charge on any atom is -0.493 e. The van der Waals surface area contributed by atoms with E-state index >= 15 is 0 Å². The lowest BCUT2D eigenvalue weighted by atomic mass is 10.1. The zero-order valence-electron chi connectivity index (χ0n) is 16.0. The Balaban J connectivity index is 2.02. The van der Waals surface area contributed by atoms with E-state index in [0.29, 0.717) is 33.7 Å². The fraction of sp³-hybridized carbons (Fsp3) is 0.421. The van der Waals surface area contributed by atoms with Gasteiger partial charge in [-0.05, 0) is 52.5 Å². The van der Waals surface area contributed by atoms with Gasteiger partial charge in [0.1, 0.15) is 4.32 Å². The van der Waals surface area contributed by atoms with Crippen LogP contribution < -0.4 is 9.47 Å². The van der Waals surface area contributed by atoms with Crippen molar-refractivity contribution < 1.29 is 23.8 Å². The largest absolute Gasteiger partial charge is 0.493 e. The van der Waals surface area contributed by atoms with E-state index in [0.717, 1.165) is 29.3 Å². The van der Waals surface area contributed by atoms with E-state index < -0.39 is 0 Å². The lowest BCUT2D eigenvalue weighted by Gasteiger charge is -2.14. The van der Waals surface area contributed by atoms with E-state index in [1.165, 1.54) is 18.9 Å². The summed E-state index contributed by atoms with van der Waals surface area (Å²) in [4.78, 5) is 26.0. The number of amides is 1. The van der Waals surface area contributed by atoms with Crippen molar-refractivity contribution >= 4 is 62.2 Å². The number of esters is 1. The van der Waals surface area contributed by atoms with E-state index in [4.69, 9.17) is 21.7 Å². The third kappa shape index (κ3) is 5.71. The Morgan fingerprint density at radius 1 is 1.21 bits per heavy atom. The van der Waals surface area contributed by atoms with Gasteiger partial charge in [0, 0.05) is 13.0 Å². The van der Waals surface area contributed by atoms with Gasteiger partial charge in [0.05, 0.1) is 30.7 Å². The van der Waals surface area contributed by atoms with Crippen molar-refractivity contribution in [1.82, 2.24) is 4.90 Å². The average molecular weight is 488 g/mol. The minimum absolute atomic E-state index is 0.103. The Bertz CT molecular complexity index is 797. The number of carbonyl (C=O) groups is 2. The highest BCUT2D eigenvalue weighted by atomic mass is 79.9. The third-order valence-electron chi connectivity index (χ3n) is 4.12. The topological polar surface area (TPSA) is 65.1 Å². The molecule has 1 heterocycles. The van der Waals surface area contributed by atoms with Crippen LogP contribution in [0.4, 0.5) is 0 Å². The number of unbranched alkanes of at least 4 members (excludes halogenated alkanes) is 2. The second-order valence-corrected chi connectivity index (χ2v) is 8.49. The third-order valence-corrected chi connectivity index (χ3v) is 6.08. The standard InChI is InChI=1S/C19H22BrNO5S2/c1-24-14-10-12(9-13(20)17(14)26-3)11-15-18(23)21(19(27)28-15)8-6-4-5-7-16(22)25-2/h9-11H,4-8H2,1-3H3/b15-11-. The number of hydrogen-bond donors (Lipinski definition) is 0. The number of methoxy groups -OCH3 is 3. The average Bonchev–Trinajstić information content (AvgIpc) is 2.94. The highest BCUT2D eigenvalue weighted by Gasteiger charge is 2.31. The highest BCUT2D eigenvalue weighted by Crippen LogP contribution is 2.38. The lowest BCUT2D eigenvalue weighted by Crippen LogP contribution is -2.29. The molecule has 0 saturated carbocycles. The van der Waals surface area contributed by atoms with Gasteiger partial charge in [-0.15, -0.1) is 0 Å². The van der Waals surface area contributed by atoms with E-state index in [2.05, 4.69) is 20.7 Å². The van der Waals surface area contributed by atoms with E-state index in [-0.39, 0.29) is 11.9 Å². The molecule has 0 radical (unpaired) electrons. The van der Waals surface area contributed by atoms with Crippen molar-refractivity contribution in [2.75, 3.05) is 27.9 Å². The summed E-state index contributed by atoms with van der Waals surface area (Å²) in [7, 11) is 4.51. The van der Waals surface area contributed by atoms with Gasteiger partial charge in [-0.25, -0.2) is 0 Å². The van der Waals surface area contributed by atoms with E-state index in [1.54, 1.807) is 25.2 Å². The summed E-state index contributed by atoms with van der Waals surface area (Å²) in [5, 5.41) is 0. The lowest BCUT2D eigenvalue weighted by molar-refractivity contribution is -0.140. The van der Waals surface area contributed by atoms with Gasteiger partial charge in [-0.2, -0.15) is 0 Å². The van der Waals surface area contributed by atoms with Crippen LogP contribution in [0.2, 0.25) is 0 Å². The van der Waals surface area contributed by atoms with Crippen molar-refractivity contribution in [2.45, 2.75) is 25.7 Å². The summed E-state index contributed by atoms with van der Waals surface area (Å²) in [5.74, 6) is 0.854. The maximum absolute atomic E-state index is 12.7. The molecule has 0 bridgehead atoms. The maximum atomic E-state index is 12.7. The van der Waals surface area contributed by atoms with Gasteiger partial charge in [-0.1, -0.05) is 30.4 Å². The van der Waals surface area contributed by atoms with Crippen molar-refractivity contribution in [3.05, 3.63) is 27.1 Å². The van der Waals surface area contributed by atoms with Gasteiger partial charge in [0.15, 0.2) is 11.5 Å². The smallest absolute Gasteiger partial charge is 0.305 e. The predicted octanol–water partition coefficient (Wildman–Crippen LogP) is 4.40. The van der Waals surface area contributed by atoms with Crippen LogP contribution in [0, 0.1) is 0 Å². The SMILES string of the molecule is COC(=O)CCCCCN1C(=O)/C(=C/c2cc(Br)c(OC)c(OC)c2)SC1=S. The highest BCUT2D eigenvalue weighted by molar-refractivity contribution is 9.10. The number of thioether (sulfide) groups is 1. The van der Waals surface area contributed by atoms with Crippen molar-refractivity contribution in [3.63, 3.8) is 0 Å². The Kier molecular flexibility index (Phi) is 8.78. The van der Waals surface area contributed by atoms with E-state index in [9.17, 15) is 9.59 Å². The molecular weight excluding hydrogens is 466 g/mol. The molecule has 1 aromatic carbocycles. The molecule has 28 heavy (non-hydrogen) atoms. The first-order chi connectivity index (χ1) is 13.4. The molecule has 1 saturated heterocycles. The zero-order chi connectivity index (χ0) is 20.7. The Hall–Kier alpha value is -1.58. The van der Waals surface area contributed by atoms with E-state index in [1.807, 2.05) is 12.1 Å². The molecule has 0 spiro atoms. The molecule has 1 amide bonds. The van der Waals surface area contributed by atoms with Crippen LogP contribution in [0.1, 0.15) is 31.2 Å². The molecule has 0 N–H and O–H groups in total. The Morgan fingerprint density at radius 3 is 2.61 bits per heavy atom. The van der Waals surface area contributed by atoms with Crippen molar-refractivity contribution in [3.8, 4) is 11.5 Å². The molecule has 0 unspecified atom stereocenters. The summed E-state index contributed by atoms with van der Waals surface area (Å²) >= 11 is 10.1. The van der Waals surface area contributed by atoms with Crippen LogP contribution in [-0.2, 0) is 14.3 Å². The molecule has 9 heteroatoms. The molecule has 1 fully saturated rings. The van der Waals surface area contributed by atoms with Crippen molar-refractivity contribution in [2.24, 2.45) is 0 Å². The maximum Gasteiger partial charge on any atom is 0.305 e. The van der Waals surface area contributed by atoms with Gasteiger partial charge < -0.3 is 14.2 Å². The summed E-state index contributed by atoms with van der Waals surface area (Å²) in [5.41, 5.74) is 0.808. The Morgan fingerprint density at radius 2 is 1.96 bits per heavy atom. The summed E-state index contributed by atoms with van der Waals surface area (Å²) < 4.78 is 16.6. The fourth-order valence-electron chi connectivity index (χ4n) is 2.68. The molecular formula is C19H22BrNO5S2. The van der Waals surface area contributed by atoms with Gasteiger partial charge in [0.25, 0.3) is 5.91 Å². The number of rotatable bonds is 9. The van der Waals surface area contributed by atoms with Crippen LogP contribution in [0.15, 0.2) is 21.5 Å². The fourth-order valence-corrected chi connectivity index (χ4v) is 4.61. The predicted molar refractivity (Wildman–Crippen MR) is 118 cm³/mol. The molecule has 1 aliphatic heterocycles. The van der Waals surface area contributed by atoms with Crippen LogP contribution in [0.5, 0.6) is 11.5 Å². The second-order valence-electron chi connectivity index (χ2n) is 5.96. The molecule has 0 atom stereocenters. The first kappa shape index (κ1) is 22.7. The van der Waals surface area contributed by atoms with Gasteiger partial charge in [0.2, 0.25) is 0 Å². The van der Waals surface area contributed by atoms with Crippen LogP contribution in [-0.4, -0.2) is 49.0 Å². The summed E-state index contributed by atoms with van der Waals surface area (Å²) in [6.07, 6.45) is 4.52. The molecule has 1 aliphatic rings. The number of nitrogens with zero attached hydrogens (tertiary/aromatic N) is 1. The molecule has 152 valence electrons. The van der Waals surface area contributed by atoms with Crippen LogP contribution in [0.25, 0.3) is 6.08 Å². The number of thiocarbonyl (C=S) groups is 1. The summed E-state index contributed by atoms with van der Waals surface area (Å²) in [6.45, 7) is 0.540. The first-order valence-electron chi connectivity index (χ1n) is 8.65. The van der Waals surface area contributed by atoms with Gasteiger partial charge >= 0.3 is 5.97 Å². The monoisotopic (exact) mass is 487 g/mol. The molecule has 6 nitrogen and oxygen atoms in total. The first-order valence-corrected chi connectivity index (χ1v) is 10.7.